The number of nitrogens with zero attached hydrogens (tertiary/aromatic N) is 3. The first-order valence-electron chi connectivity index (χ1n) is 8.40. The fourth-order valence-corrected chi connectivity index (χ4v) is 5.23. The van der Waals surface area contributed by atoms with Crippen LogP contribution in [0.1, 0.15) is 23.1 Å². The summed E-state index contributed by atoms with van der Waals surface area (Å²) in [4.78, 5) is 4.28. The summed E-state index contributed by atoms with van der Waals surface area (Å²) in [6.45, 7) is 0. The molecule has 0 atom stereocenters. The molecule has 0 fully saturated rings. The van der Waals surface area contributed by atoms with Gasteiger partial charge in [0.1, 0.15) is 0 Å². The van der Waals surface area contributed by atoms with Crippen LogP contribution in [0.2, 0.25) is 5.02 Å². The van der Waals surface area contributed by atoms with Crippen molar-refractivity contribution in [1.82, 2.24) is 14.2 Å². The lowest BCUT2D eigenvalue weighted by Gasteiger charge is -2.07. The normalized spacial score (nSPS) is 13.7. The molecule has 0 unspecified atom stereocenters. The van der Waals surface area contributed by atoms with Crippen molar-refractivity contribution in [1.29, 1.82) is 0 Å². The molecule has 0 radical (unpaired) electrons. The highest BCUT2D eigenvalue weighted by Gasteiger charge is 2.24. The van der Waals surface area contributed by atoms with Gasteiger partial charge in [-0.3, -0.25) is 0 Å². The van der Waals surface area contributed by atoms with Crippen molar-refractivity contribution in [2.24, 2.45) is 0 Å². The summed E-state index contributed by atoms with van der Waals surface area (Å²) in [5, 5.41) is 5.09. The van der Waals surface area contributed by atoms with Gasteiger partial charge in [0.2, 0.25) is 11.1 Å². The van der Waals surface area contributed by atoms with Crippen LogP contribution in [-0.4, -0.2) is 22.6 Å². The molecule has 0 aliphatic heterocycles. The second-order valence-electron chi connectivity index (χ2n) is 6.30. The number of benzene rings is 2. The van der Waals surface area contributed by atoms with Crippen LogP contribution in [0.5, 0.6) is 0 Å². The van der Waals surface area contributed by atoms with E-state index >= 15 is 0 Å². The van der Waals surface area contributed by atoms with E-state index in [9.17, 15) is 8.42 Å². The van der Waals surface area contributed by atoms with Gasteiger partial charge in [-0.15, -0.1) is 9.19 Å². The zero-order valence-corrected chi connectivity index (χ0v) is 16.7. The van der Waals surface area contributed by atoms with Crippen LogP contribution >= 0.6 is 23.4 Å². The molecule has 1 aliphatic rings. The second kappa shape index (κ2) is 7.18. The van der Waals surface area contributed by atoms with E-state index in [1.807, 2.05) is 18.2 Å². The van der Waals surface area contributed by atoms with Crippen LogP contribution in [0.25, 0.3) is 0 Å². The summed E-state index contributed by atoms with van der Waals surface area (Å²) in [5.74, 6) is 0.439. The lowest BCUT2D eigenvalue weighted by molar-refractivity contribution is 0.579. The number of anilines is 1. The molecule has 2 N–H and O–H groups in total. The first-order valence-corrected chi connectivity index (χ1v) is 11.2. The van der Waals surface area contributed by atoms with Crippen LogP contribution in [0.3, 0.4) is 0 Å². The largest absolute Gasteiger partial charge is 0.367 e. The maximum atomic E-state index is 12.9. The number of fused-ring (bicyclic) bond motifs is 1. The summed E-state index contributed by atoms with van der Waals surface area (Å²) in [7, 11) is -3.87. The molecule has 9 heteroatoms. The molecular formula is C18H17ClN4O2S2. The molecule has 0 bridgehead atoms. The third-order valence-electron chi connectivity index (χ3n) is 4.46. The van der Waals surface area contributed by atoms with Gasteiger partial charge < -0.3 is 5.73 Å². The number of thioether (sulfide) groups is 1. The molecule has 1 aromatic heterocycles. The van der Waals surface area contributed by atoms with Crippen molar-refractivity contribution < 1.29 is 8.42 Å². The Morgan fingerprint density at radius 2 is 1.85 bits per heavy atom. The van der Waals surface area contributed by atoms with Crippen molar-refractivity contribution in [3.63, 3.8) is 0 Å². The number of rotatable bonds is 5. The summed E-state index contributed by atoms with van der Waals surface area (Å²) < 4.78 is 26.7. The first kappa shape index (κ1) is 18.3. The van der Waals surface area contributed by atoms with Crippen molar-refractivity contribution >= 4 is 39.3 Å². The van der Waals surface area contributed by atoms with Crippen LogP contribution in [0, 0.1) is 0 Å². The SMILES string of the molecule is Nc1nc(SCc2ccc(Cl)cc2)nn1S(=O)(=O)c1ccc2c(c1)CCC2. The van der Waals surface area contributed by atoms with E-state index in [1.165, 1.54) is 17.3 Å². The van der Waals surface area contributed by atoms with Gasteiger partial charge in [0.05, 0.1) is 4.90 Å². The van der Waals surface area contributed by atoms with Gasteiger partial charge in [0.15, 0.2) is 0 Å². The van der Waals surface area contributed by atoms with Crippen molar-refractivity contribution in [2.45, 2.75) is 35.1 Å². The van der Waals surface area contributed by atoms with Crippen molar-refractivity contribution in [2.75, 3.05) is 5.73 Å². The quantitative estimate of drug-likeness (QED) is 0.635. The number of nitrogen functional groups attached to an aromatic ring is 1. The standard InChI is InChI=1S/C18H17ClN4O2S2/c19-15-7-4-12(5-8-15)11-26-18-21-17(20)23(22-18)27(24,25)16-9-6-13-2-1-3-14(13)10-16/h4-10H,1-3,11H2,(H2,20,21,22). The van der Waals surface area contributed by atoms with Crippen molar-refractivity contribution in [3.8, 4) is 0 Å². The van der Waals surface area contributed by atoms with Gasteiger partial charge in [0.25, 0.3) is 10.0 Å². The lowest BCUT2D eigenvalue weighted by Crippen LogP contribution is -2.17. The third-order valence-corrected chi connectivity index (χ3v) is 7.19. The Morgan fingerprint density at radius 3 is 2.63 bits per heavy atom. The molecule has 0 spiro atoms. The molecule has 2 aromatic carbocycles. The van der Waals surface area contributed by atoms with Gasteiger partial charge in [-0.05, 0) is 60.2 Å². The molecule has 27 heavy (non-hydrogen) atoms. The number of nitrogens with two attached hydrogens (primary N) is 1. The minimum Gasteiger partial charge on any atom is -0.367 e. The van der Waals surface area contributed by atoms with E-state index in [-0.39, 0.29) is 10.8 Å². The fourth-order valence-electron chi connectivity index (χ4n) is 3.07. The topological polar surface area (TPSA) is 90.9 Å². The maximum absolute atomic E-state index is 12.9. The maximum Gasteiger partial charge on any atom is 0.286 e. The Labute approximate surface area is 166 Å². The highest BCUT2D eigenvalue weighted by Crippen LogP contribution is 2.27. The van der Waals surface area contributed by atoms with Crippen LogP contribution in [0.15, 0.2) is 52.5 Å². The highest BCUT2D eigenvalue weighted by molar-refractivity contribution is 7.98. The molecule has 0 saturated carbocycles. The zero-order valence-electron chi connectivity index (χ0n) is 14.3. The average Bonchev–Trinajstić information content (AvgIpc) is 3.27. The molecule has 0 amide bonds. The Morgan fingerprint density at radius 1 is 1.11 bits per heavy atom. The monoisotopic (exact) mass is 420 g/mol. The van der Waals surface area contributed by atoms with Crippen LogP contribution < -0.4 is 5.73 Å². The Bertz CT molecular complexity index is 1100. The van der Waals surface area contributed by atoms with Crippen LogP contribution in [0.4, 0.5) is 5.95 Å². The number of halogens is 1. The van der Waals surface area contributed by atoms with E-state index in [2.05, 4.69) is 10.1 Å². The Balaban J connectivity index is 1.57. The van der Waals surface area contributed by atoms with E-state index in [4.69, 9.17) is 17.3 Å². The Kier molecular flexibility index (Phi) is 4.88. The van der Waals surface area contributed by atoms with Crippen LogP contribution in [-0.2, 0) is 28.6 Å². The predicted octanol–water partition coefficient (Wildman–Crippen LogP) is 3.53. The third kappa shape index (κ3) is 3.69. The summed E-state index contributed by atoms with van der Waals surface area (Å²) in [6.07, 6.45) is 2.94. The second-order valence-corrected chi connectivity index (χ2v) is 9.45. The Hall–Kier alpha value is -2.03. The molecule has 3 aromatic rings. The number of hydrogen-bond donors (Lipinski definition) is 1. The van der Waals surface area contributed by atoms with Gasteiger partial charge in [-0.25, -0.2) is 0 Å². The summed E-state index contributed by atoms with van der Waals surface area (Å²) in [6, 6.07) is 12.6. The van der Waals surface area contributed by atoms with E-state index in [0.29, 0.717) is 15.9 Å². The number of aryl methyl sites for hydroxylation is 2. The van der Waals surface area contributed by atoms with E-state index < -0.39 is 10.0 Å². The molecule has 1 heterocycles. The fraction of sp³-hybridized carbons (Fsp3) is 0.222. The number of hydrogen-bond acceptors (Lipinski definition) is 6. The van der Waals surface area contributed by atoms with Gasteiger partial charge in [-0.1, -0.05) is 41.6 Å². The first-order chi connectivity index (χ1) is 12.9. The number of aromatic nitrogens is 3. The van der Waals surface area contributed by atoms with Crippen molar-refractivity contribution in [3.05, 3.63) is 64.2 Å². The smallest absolute Gasteiger partial charge is 0.286 e. The van der Waals surface area contributed by atoms with Gasteiger partial charge in [-0.2, -0.15) is 13.4 Å². The minimum atomic E-state index is -3.87. The molecular weight excluding hydrogens is 404 g/mol. The van der Waals surface area contributed by atoms with Gasteiger partial charge >= 0.3 is 0 Å². The van der Waals surface area contributed by atoms with E-state index in [1.54, 1.807) is 24.3 Å². The molecule has 6 nitrogen and oxygen atoms in total. The summed E-state index contributed by atoms with van der Waals surface area (Å²) in [5.41, 5.74) is 9.16. The average molecular weight is 421 g/mol. The minimum absolute atomic E-state index is 0.144. The highest BCUT2D eigenvalue weighted by atomic mass is 35.5. The molecule has 0 saturated heterocycles. The predicted molar refractivity (Wildman–Crippen MR) is 106 cm³/mol. The lowest BCUT2D eigenvalue weighted by atomic mass is 10.1. The zero-order chi connectivity index (χ0) is 19.0. The molecule has 140 valence electrons. The van der Waals surface area contributed by atoms with E-state index in [0.717, 1.165) is 34.5 Å². The molecule has 1 aliphatic carbocycles. The molecule has 4 rings (SSSR count). The summed E-state index contributed by atoms with van der Waals surface area (Å²) >= 11 is 7.19. The van der Waals surface area contributed by atoms with Gasteiger partial charge in [0, 0.05) is 10.8 Å².